The van der Waals surface area contributed by atoms with Crippen LogP contribution in [0.25, 0.3) is 0 Å². The van der Waals surface area contributed by atoms with Gasteiger partial charge in [-0.15, -0.1) is 0 Å². The quantitative estimate of drug-likeness (QED) is 0.556. The lowest BCUT2D eigenvalue weighted by Crippen LogP contribution is -1.90. The Kier molecular flexibility index (Phi) is 5.81. The maximum absolute atomic E-state index is 10.5. The molecule has 0 radical (unpaired) electrons. The van der Waals surface area contributed by atoms with E-state index in [1.54, 1.807) is 13.0 Å². The van der Waals surface area contributed by atoms with Crippen LogP contribution in [0.2, 0.25) is 0 Å². The Labute approximate surface area is 69.5 Å². The van der Waals surface area contributed by atoms with Gasteiger partial charge in [0.15, 0.2) is 5.78 Å². The molecule has 0 spiro atoms. The summed E-state index contributed by atoms with van der Waals surface area (Å²) in [7, 11) is 0. The molecule has 64 valence electrons. The summed E-state index contributed by atoms with van der Waals surface area (Å²) in [6.45, 7) is 5.92. The van der Waals surface area contributed by atoms with E-state index in [1.165, 1.54) is 19.3 Å². The Morgan fingerprint density at radius 2 is 2.18 bits per heavy atom. The normalized spacial score (nSPS) is 13.7. The molecule has 0 heterocycles. The van der Waals surface area contributed by atoms with Gasteiger partial charge in [-0.3, -0.25) is 4.79 Å². The maximum Gasteiger partial charge on any atom is 0.152 e. The number of rotatable bonds is 5. The molecule has 0 aromatic heterocycles. The van der Waals surface area contributed by atoms with Crippen molar-refractivity contribution in [3.63, 3.8) is 0 Å². The van der Waals surface area contributed by atoms with E-state index < -0.39 is 0 Å². The van der Waals surface area contributed by atoms with E-state index >= 15 is 0 Å². The summed E-state index contributed by atoms with van der Waals surface area (Å²) in [5.74, 6) is 0.701. The van der Waals surface area contributed by atoms with E-state index in [1.807, 2.05) is 6.08 Å². The Morgan fingerprint density at radius 1 is 1.55 bits per heavy atom. The molecule has 0 aromatic rings. The van der Waals surface area contributed by atoms with E-state index in [4.69, 9.17) is 0 Å². The fraction of sp³-hybridized carbons (Fsp3) is 0.700. The number of unbranched alkanes of at least 4 members (excludes halogenated alkanes) is 1. The van der Waals surface area contributed by atoms with E-state index in [-0.39, 0.29) is 5.78 Å². The molecular formula is C10H18O. The molecular weight excluding hydrogens is 136 g/mol. The number of hydrogen-bond donors (Lipinski definition) is 0. The van der Waals surface area contributed by atoms with Crippen molar-refractivity contribution in [1.29, 1.82) is 0 Å². The molecule has 0 aromatic carbocycles. The van der Waals surface area contributed by atoms with Gasteiger partial charge in [-0.1, -0.05) is 32.8 Å². The lowest BCUT2D eigenvalue weighted by Gasteiger charge is -2.02. The highest BCUT2D eigenvalue weighted by Crippen LogP contribution is 2.08. The minimum Gasteiger partial charge on any atom is -0.295 e. The van der Waals surface area contributed by atoms with E-state index in [0.29, 0.717) is 5.92 Å². The van der Waals surface area contributed by atoms with Crippen molar-refractivity contribution in [2.24, 2.45) is 5.92 Å². The molecule has 1 heteroatoms. The molecule has 0 saturated carbocycles. The molecule has 0 aliphatic heterocycles. The second kappa shape index (κ2) is 6.14. The van der Waals surface area contributed by atoms with Gasteiger partial charge >= 0.3 is 0 Å². The van der Waals surface area contributed by atoms with Gasteiger partial charge in [0.25, 0.3) is 0 Å². The molecule has 11 heavy (non-hydrogen) atoms. The predicted octanol–water partition coefficient (Wildman–Crippen LogP) is 2.96. The third kappa shape index (κ3) is 7.31. The first-order chi connectivity index (χ1) is 5.16. The zero-order chi connectivity index (χ0) is 8.69. The second-order valence-corrected chi connectivity index (χ2v) is 3.09. The smallest absolute Gasteiger partial charge is 0.152 e. The van der Waals surface area contributed by atoms with Crippen molar-refractivity contribution in [1.82, 2.24) is 0 Å². The number of carbonyl (C=O) groups is 1. The molecule has 0 bridgehead atoms. The van der Waals surface area contributed by atoms with Gasteiger partial charge < -0.3 is 0 Å². The van der Waals surface area contributed by atoms with Gasteiger partial charge in [-0.25, -0.2) is 0 Å². The maximum atomic E-state index is 10.5. The molecule has 0 aliphatic carbocycles. The molecule has 1 nitrogen and oxygen atoms in total. The highest BCUT2D eigenvalue weighted by Gasteiger charge is 1.95. The van der Waals surface area contributed by atoms with Crippen LogP contribution in [-0.2, 0) is 4.79 Å². The van der Waals surface area contributed by atoms with Crippen LogP contribution in [0.1, 0.15) is 40.0 Å². The molecule has 0 rings (SSSR count). The summed E-state index contributed by atoms with van der Waals surface area (Å²) in [5.41, 5.74) is 0. The van der Waals surface area contributed by atoms with Gasteiger partial charge in [0, 0.05) is 0 Å². The van der Waals surface area contributed by atoms with Crippen LogP contribution in [0.3, 0.4) is 0 Å². The topological polar surface area (TPSA) is 17.1 Å². The second-order valence-electron chi connectivity index (χ2n) is 3.09. The largest absolute Gasteiger partial charge is 0.295 e. The van der Waals surface area contributed by atoms with Crippen LogP contribution in [0.15, 0.2) is 12.2 Å². The predicted molar refractivity (Wildman–Crippen MR) is 48.5 cm³/mol. The Bertz CT molecular complexity index is 136. The van der Waals surface area contributed by atoms with Crippen molar-refractivity contribution in [3.8, 4) is 0 Å². The summed E-state index contributed by atoms with van der Waals surface area (Å²) in [4.78, 5) is 10.5. The standard InChI is InChI=1S/C10H18O/c1-4-5-6-9(2)7-8-10(3)11/h7-9H,4-6H2,1-3H3/b8-7+. The summed E-state index contributed by atoms with van der Waals surface area (Å²) < 4.78 is 0. The van der Waals surface area contributed by atoms with Crippen LogP contribution < -0.4 is 0 Å². The molecule has 0 fully saturated rings. The van der Waals surface area contributed by atoms with Crippen LogP contribution in [0.5, 0.6) is 0 Å². The first-order valence-electron chi connectivity index (χ1n) is 4.35. The summed E-state index contributed by atoms with van der Waals surface area (Å²) >= 11 is 0. The lowest BCUT2D eigenvalue weighted by molar-refractivity contribution is -0.112. The Hall–Kier alpha value is -0.590. The molecule has 0 aliphatic rings. The molecule has 0 saturated heterocycles. The number of ketones is 1. The van der Waals surface area contributed by atoms with Crippen LogP contribution in [-0.4, -0.2) is 5.78 Å². The van der Waals surface area contributed by atoms with Crippen molar-refractivity contribution in [3.05, 3.63) is 12.2 Å². The highest BCUT2D eigenvalue weighted by atomic mass is 16.1. The van der Waals surface area contributed by atoms with Crippen molar-refractivity contribution >= 4 is 5.78 Å². The Morgan fingerprint density at radius 3 is 2.64 bits per heavy atom. The van der Waals surface area contributed by atoms with Gasteiger partial charge in [0.1, 0.15) is 0 Å². The van der Waals surface area contributed by atoms with Crippen molar-refractivity contribution < 1.29 is 4.79 Å². The fourth-order valence-electron chi connectivity index (χ4n) is 0.922. The molecule has 0 amide bonds. The van der Waals surface area contributed by atoms with Crippen molar-refractivity contribution in [2.75, 3.05) is 0 Å². The average molecular weight is 154 g/mol. The monoisotopic (exact) mass is 154 g/mol. The molecule has 0 N–H and O–H groups in total. The molecule has 1 unspecified atom stereocenters. The van der Waals surface area contributed by atoms with Crippen LogP contribution >= 0.6 is 0 Å². The summed E-state index contributed by atoms with van der Waals surface area (Å²) in [6.07, 6.45) is 7.35. The highest BCUT2D eigenvalue weighted by molar-refractivity contribution is 5.87. The third-order valence-electron chi connectivity index (χ3n) is 1.67. The van der Waals surface area contributed by atoms with Crippen molar-refractivity contribution in [2.45, 2.75) is 40.0 Å². The Balaban J connectivity index is 3.50. The summed E-state index contributed by atoms with van der Waals surface area (Å²) in [6, 6.07) is 0. The summed E-state index contributed by atoms with van der Waals surface area (Å²) in [5, 5.41) is 0. The van der Waals surface area contributed by atoms with Gasteiger partial charge in [-0.2, -0.15) is 0 Å². The van der Waals surface area contributed by atoms with Gasteiger partial charge in [0.05, 0.1) is 0 Å². The van der Waals surface area contributed by atoms with Crippen LogP contribution in [0, 0.1) is 5.92 Å². The first-order valence-corrected chi connectivity index (χ1v) is 4.35. The zero-order valence-corrected chi connectivity index (χ0v) is 7.76. The minimum absolute atomic E-state index is 0.147. The van der Waals surface area contributed by atoms with E-state index in [2.05, 4.69) is 13.8 Å². The third-order valence-corrected chi connectivity index (χ3v) is 1.67. The van der Waals surface area contributed by atoms with Crippen LogP contribution in [0.4, 0.5) is 0 Å². The fourth-order valence-corrected chi connectivity index (χ4v) is 0.922. The molecule has 1 atom stereocenters. The number of carbonyl (C=O) groups excluding carboxylic acids is 1. The lowest BCUT2D eigenvalue weighted by atomic mass is 10.0. The van der Waals surface area contributed by atoms with Gasteiger partial charge in [-0.05, 0) is 25.3 Å². The van der Waals surface area contributed by atoms with Gasteiger partial charge in [0.2, 0.25) is 0 Å². The van der Waals surface area contributed by atoms with E-state index in [0.717, 1.165) is 0 Å². The minimum atomic E-state index is 0.147. The van der Waals surface area contributed by atoms with E-state index in [9.17, 15) is 4.79 Å². The zero-order valence-electron chi connectivity index (χ0n) is 7.76. The number of hydrogen-bond acceptors (Lipinski definition) is 1. The number of allylic oxidation sites excluding steroid dienone is 2. The first kappa shape index (κ1) is 10.4. The SMILES string of the molecule is CCCCC(C)/C=C/C(C)=O. The average Bonchev–Trinajstić information content (AvgIpc) is 1.97.